The standard InChI is InChI=1S/C20H18Cl2N4O/c21-17-5-1-3-14(18(17)22)11-25-20(27)26-9-6-13(7-10-26)16-12-24-19-15(16)4-2-8-23-19/h1-6,8,12H,7,9-11H2,(H,23,24)(H,25,27). The maximum atomic E-state index is 12.5. The summed E-state index contributed by atoms with van der Waals surface area (Å²) in [6.45, 7) is 1.57. The van der Waals surface area contributed by atoms with Crippen molar-refractivity contribution >= 4 is 45.8 Å². The number of urea groups is 1. The second kappa shape index (κ2) is 7.62. The lowest BCUT2D eigenvalue weighted by atomic mass is 10.00. The first-order chi connectivity index (χ1) is 13.1. The number of pyridine rings is 1. The van der Waals surface area contributed by atoms with E-state index in [-0.39, 0.29) is 6.03 Å². The summed E-state index contributed by atoms with van der Waals surface area (Å²) in [6.07, 6.45) is 6.66. The van der Waals surface area contributed by atoms with Crippen LogP contribution in [0.3, 0.4) is 0 Å². The Morgan fingerprint density at radius 2 is 2.15 bits per heavy atom. The molecule has 0 atom stereocenters. The normalized spacial score (nSPS) is 14.3. The highest BCUT2D eigenvalue weighted by molar-refractivity contribution is 6.42. The molecule has 2 aromatic heterocycles. The maximum absolute atomic E-state index is 12.5. The first kappa shape index (κ1) is 17.9. The molecule has 0 spiro atoms. The summed E-state index contributed by atoms with van der Waals surface area (Å²) in [4.78, 5) is 21.8. The summed E-state index contributed by atoms with van der Waals surface area (Å²) < 4.78 is 0. The van der Waals surface area contributed by atoms with E-state index < -0.39 is 0 Å². The number of aromatic amines is 1. The molecule has 0 saturated carbocycles. The predicted octanol–water partition coefficient (Wildman–Crippen LogP) is 4.87. The molecule has 2 amide bonds. The van der Waals surface area contributed by atoms with E-state index in [9.17, 15) is 4.79 Å². The second-order valence-electron chi connectivity index (χ2n) is 6.40. The van der Waals surface area contributed by atoms with Crippen LogP contribution in [-0.4, -0.2) is 34.0 Å². The molecule has 0 saturated heterocycles. The number of rotatable bonds is 3. The number of aromatic nitrogens is 2. The highest BCUT2D eigenvalue weighted by Crippen LogP contribution is 2.28. The number of halogens is 2. The first-order valence-electron chi connectivity index (χ1n) is 8.70. The van der Waals surface area contributed by atoms with Crippen LogP contribution in [0.2, 0.25) is 10.0 Å². The van der Waals surface area contributed by atoms with E-state index in [0.717, 1.165) is 28.6 Å². The zero-order chi connectivity index (χ0) is 18.8. The van der Waals surface area contributed by atoms with Crippen molar-refractivity contribution in [2.45, 2.75) is 13.0 Å². The van der Waals surface area contributed by atoms with Crippen molar-refractivity contribution in [2.24, 2.45) is 0 Å². The summed E-state index contributed by atoms with van der Waals surface area (Å²) in [7, 11) is 0. The molecular formula is C20H18Cl2N4O. The molecule has 3 heterocycles. The average Bonchev–Trinajstić information content (AvgIpc) is 3.13. The summed E-state index contributed by atoms with van der Waals surface area (Å²) in [5.41, 5.74) is 4.07. The van der Waals surface area contributed by atoms with Gasteiger partial charge in [0.15, 0.2) is 0 Å². The molecule has 0 radical (unpaired) electrons. The lowest BCUT2D eigenvalue weighted by Crippen LogP contribution is -2.41. The quantitative estimate of drug-likeness (QED) is 0.658. The van der Waals surface area contributed by atoms with Crippen LogP contribution in [0.15, 0.2) is 48.8 Å². The third-order valence-corrected chi connectivity index (χ3v) is 5.61. The molecule has 0 unspecified atom stereocenters. The Morgan fingerprint density at radius 3 is 2.96 bits per heavy atom. The molecule has 1 aromatic carbocycles. The molecule has 3 aromatic rings. The van der Waals surface area contributed by atoms with Crippen LogP contribution in [0.5, 0.6) is 0 Å². The lowest BCUT2D eigenvalue weighted by molar-refractivity contribution is 0.202. The van der Waals surface area contributed by atoms with Crippen molar-refractivity contribution in [3.8, 4) is 0 Å². The Bertz CT molecular complexity index is 1030. The molecule has 138 valence electrons. The van der Waals surface area contributed by atoms with E-state index in [1.165, 1.54) is 5.57 Å². The van der Waals surface area contributed by atoms with Crippen LogP contribution in [0.1, 0.15) is 17.5 Å². The van der Waals surface area contributed by atoms with Crippen molar-refractivity contribution in [3.05, 3.63) is 70.0 Å². The van der Waals surface area contributed by atoms with Gasteiger partial charge in [-0.3, -0.25) is 0 Å². The fourth-order valence-corrected chi connectivity index (χ4v) is 3.67. The third-order valence-electron chi connectivity index (χ3n) is 4.76. The van der Waals surface area contributed by atoms with Gasteiger partial charge in [0, 0.05) is 43.0 Å². The maximum Gasteiger partial charge on any atom is 0.317 e. The van der Waals surface area contributed by atoms with Gasteiger partial charge in [-0.1, -0.05) is 41.4 Å². The fraction of sp³-hybridized carbons (Fsp3) is 0.200. The molecule has 0 fully saturated rings. The van der Waals surface area contributed by atoms with E-state index in [4.69, 9.17) is 23.2 Å². The summed E-state index contributed by atoms with van der Waals surface area (Å²) in [6, 6.07) is 9.29. The van der Waals surface area contributed by atoms with Gasteiger partial charge in [0.2, 0.25) is 0 Å². The number of carbonyl (C=O) groups excluding carboxylic acids is 1. The smallest absolute Gasteiger partial charge is 0.317 e. The summed E-state index contributed by atoms with van der Waals surface area (Å²) >= 11 is 12.2. The zero-order valence-electron chi connectivity index (χ0n) is 14.5. The number of amides is 2. The van der Waals surface area contributed by atoms with E-state index >= 15 is 0 Å². The molecule has 0 bridgehead atoms. The van der Waals surface area contributed by atoms with Gasteiger partial charge in [-0.2, -0.15) is 0 Å². The Labute approximate surface area is 167 Å². The Kier molecular flexibility index (Phi) is 5.05. The van der Waals surface area contributed by atoms with Crippen molar-refractivity contribution < 1.29 is 4.79 Å². The minimum atomic E-state index is -0.109. The minimum Gasteiger partial charge on any atom is -0.346 e. The number of nitrogens with zero attached hydrogens (tertiary/aromatic N) is 2. The van der Waals surface area contributed by atoms with E-state index in [0.29, 0.717) is 29.7 Å². The Hall–Kier alpha value is -2.50. The molecule has 1 aliphatic rings. The molecule has 27 heavy (non-hydrogen) atoms. The van der Waals surface area contributed by atoms with Crippen LogP contribution < -0.4 is 5.32 Å². The molecule has 7 heteroatoms. The highest BCUT2D eigenvalue weighted by atomic mass is 35.5. The number of H-pyrrole nitrogens is 1. The van der Waals surface area contributed by atoms with E-state index in [1.54, 1.807) is 17.2 Å². The average molecular weight is 401 g/mol. The van der Waals surface area contributed by atoms with E-state index in [2.05, 4.69) is 27.4 Å². The SMILES string of the molecule is O=C(NCc1cccc(Cl)c1Cl)N1CC=C(c2c[nH]c3ncccc23)CC1. The largest absolute Gasteiger partial charge is 0.346 e. The number of hydrogen-bond acceptors (Lipinski definition) is 2. The topological polar surface area (TPSA) is 61.0 Å². The molecule has 0 aliphatic carbocycles. The van der Waals surface area contributed by atoms with Crippen LogP contribution >= 0.6 is 23.2 Å². The summed E-state index contributed by atoms with van der Waals surface area (Å²) in [5.74, 6) is 0. The third kappa shape index (κ3) is 3.66. The zero-order valence-corrected chi connectivity index (χ0v) is 16.0. The summed E-state index contributed by atoms with van der Waals surface area (Å²) in [5, 5.41) is 4.99. The number of nitrogens with one attached hydrogen (secondary N) is 2. The van der Waals surface area contributed by atoms with E-state index in [1.807, 2.05) is 24.4 Å². The van der Waals surface area contributed by atoms with Crippen LogP contribution in [0.25, 0.3) is 16.6 Å². The number of carbonyl (C=O) groups is 1. The van der Waals surface area contributed by atoms with Crippen LogP contribution in [-0.2, 0) is 6.54 Å². The second-order valence-corrected chi connectivity index (χ2v) is 7.18. The van der Waals surface area contributed by atoms with Crippen molar-refractivity contribution in [1.82, 2.24) is 20.2 Å². The molecule has 4 rings (SSSR count). The Balaban J connectivity index is 1.41. The highest BCUT2D eigenvalue weighted by Gasteiger charge is 2.19. The van der Waals surface area contributed by atoms with Gasteiger partial charge in [0.25, 0.3) is 0 Å². The molecule has 5 nitrogen and oxygen atoms in total. The predicted molar refractivity (Wildman–Crippen MR) is 109 cm³/mol. The monoisotopic (exact) mass is 400 g/mol. The van der Waals surface area contributed by atoms with Crippen molar-refractivity contribution in [1.29, 1.82) is 0 Å². The number of hydrogen-bond donors (Lipinski definition) is 2. The number of benzene rings is 1. The van der Waals surface area contributed by atoms with Crippen LogP contribution in [0.4, 0.5) is 4.79 Å². The van der Waals surface area contributed by atoms with Crippen molar-refractivity contribution in [3.63, 3.8) is 0 Å². The fourth-order valence-electron chi connectivity index (χ4n) is 3.29. The molecular weight excluding hydrogens is 383 g/mol. The minimum absolute atomic E-state index is 0.109. The van der Waals surface area contributed by atoms with Gasteiger partial charge in [-0.15, -0.1) is 0 Å². The lowest BCUT2D eigenvalue weighted by Gasteiger charge is -2.26. The van der Waals surface area contributed by atoms with Gasteiger partial charge < -0.3 is 15.2 Å². The van der Waals surface area contributed by atoms with Gasteiger partial charge >= 0.3 is 6.03 Å². The number of fused-ring (bicyclic) bond motifs is 1. The Morgan fingerprint density at radius 1 is 1.26 bits per heavy atom. The van der Waals surface area contributed by atoms with Gasteiger partial charge in [0.1, 0.15) is 5.65 Å². The van der Waals surface area contributed by atoms with Gasteiger partial charge in [-0.25, -0.2) is 9.78 Å². The van der Waals surface area contributed by atoms with Crippen LogP contribution in [0, 0.1) is 0 Å². The van der Waals surface area contributed by atoms with Crippen molar-refractivity contribution in [2.75, 3.05) is 13.1 Å². The first-order valence-corrected chi connectivity index (χ1v) is 9.46. The molecule has 2 N–H and O–H groups in total. The van der Waals surface area contributed by atoms with Gasteiger partial charge in [0.05, 0.1) is 10.0 Å². The molecule has 1 aliphatic heterocycles. The van der Waals surface area contributed by atoms with Gasteiger partial charge in [-0.05, 0) is 35.8 Å².